The maximum Gasteiger partial charge on any atom is 0.431 e. The van der Waals surface area contributed by atoms with Crippen LogP contribution in [0.15, 0.2) is 46.3 Å². The zero-order valence-corrected chi connectivity index (χ0v) is 14.4. The highest BCUT2D eigenvalue weighted by Crippen LogP contribution is 2.41. The number of fused-ring (bicyclic) bond motifs is 1. The van der Waals surface area contributed by atoms with Crippen molar-refractivity contribution in [2.45, 2.75) is 19.1 Å². The number of alkyl halides is 3. The molecule has 0 spiro atoms. The molecule has 1 unspecified atom stereocenters. The van der Waals surface area contributed by atoms with Crippen LogP contribution in [-0.4, -0.2) is 33.5 Å². The normalized spacial score (nSPS) is 17.1. The molecule has 0 saturated heterocycles. The lowest BCUT2D eigenvalue weighted by Crippen LogP contribution is -2.35. The monoisotopic (exact) mass is 416 g/mol. The smallest absolute Gasteiger partial charge is 0.431 e. The summed E-state index contributed by atoms with van der Waals surface area (Å²) in [5.41, 5.74) is -1.32. The van der Waals surface area contributed by atoms with Gasteiger partial charge in [-0.2, -0.15) is 23.3 Å². The second-order valence-electron chi connectivity index (χ2n) is 5.12. The average Bonchev–Trinajstić information content (AvgIpc) is 3.00. The van der Waals surface area contributed by atoms with Gasteiger partial charge in [0.2, 0.25) is 5.95 Å². The molecule has 1 aliphatic rings. The van der Waals surface area contributed by atoms with E-state index in [0.717, 1.165) is 6.33 Å². The van der Waals surface area contributed by atoms with E-state index < -0.39 is 29.5 Å². The summed E-state index contributed by atoms with van der Waals surface area (Å²) in [4.78, 5) is 16.2. The second-order valence-corrected chi connectivity index (χ2v) is 6.03. The van der Waals surface area contributed by atoms with E-state index in [1.807, 2.05) is 0 Å². The molecule has 0 fully saturated rings. The van der Waals surface area contributed by atoms with Crippen LogP contribution in [0.2, 0.25) is 0 Å². The standard InChI is InChI=1S/C15H12BrF3N4O2/c1-2-25-13(24)10-11(8-4-3-5-9(16)6-8)23-14(20-7-21-23)22-12(10)15(17,18)19/h3-7,11H,2H2,1H3,(H,20,21,22). The predicted molar refractivity (Wildman–Crippen MR) is 85.6 cm³/mol. The van der Waals surface area contributed by atoms with Gasteiger partial charge in [0.25, 0.3) is 0 Å². The zero-order chi connectivity index (χ0) is 18.2. The summed E-state index contributed by atoms with van der Waals surface area (Å²) in [6.07, 6.45) is -3.67. The number of hydrogen-bond acceptors (Lipinski definition) is 5. The summed E-state index contributed by atoms with van der Waals surface area (Å²) in [7, 11) is 0. The lowest BCUT2D eigenvalue weighted by Gasteiger charge is -2.30. The zero-order valence-electron chi connectivity index (χ0n) is 12.8. The van der Waals surface area contributed by atoms with Crippen LogP contribution >= 0.6 is 15.9 Å². The first-order valence-corrected chi connectivity index (χ1v) is 8.02. The van der Waals surface area contributed by atoms with Crippen molar-refractivity contribution in [1.82, 2.24) is 14.8 Å². The van der Waals surface area contributed by atoms with Crippen molar-refractivity contribution in [3.63, 3.8) is 0 Å². The number of allylic oxidation sites excluding steroid dienone is 1. The molecule has 1 atom stereocenters. The molecule has 0 bridgehead atoms. The SMILES string of the molecule is CCOC(=O)C1=C(C(F)(F)F)Nc2ncnn2C1c1cccc(Br)c1. The van der Waals surface area contributed by atoms with Crippen molar-refractivity contribution in [2.24, 2.45) is 0 Å². The van der Waals surface area contributed by atoms with Crippen molar-refractivity contribution in [3.05, 3.63) is 51.9 Å². The number of hydrogen-bond donors (Lipinski definition) is 1. The lowest BCUT2D eigenvalue weighted by molar-refractivity contribution is -0.140. The number of anilines is 1. The van der Waals surface area contributed by atoms with Crippen LogP contribution in [0.4, 0.5) is 19.1 Å². The Hall–Kier alpha value is -2.36. The Balaban J connectivity index is 2.26. The van der Waals surface area contributed by atoms with Crippen LogP contribution in [0.3, 0.4) is 0 Å². The Morgan fingerprint density at radius 3 is 2.84 bits per heavy atom. The molecule has 6 nitrogen and oxygen atoms in total. The van der Waals surface area contributed by atoms with Crippen LogP contribution in [0, 0.1) is 0 Å². The van der Waals surface area contributed by atoms with E-state index in [1.165, 1.54) is 11.6 Å². The summed E-state index contributed by atoms with van der Waals surface area (Å²) in [5, 5.41) is 6.12. The molecule has 0 radical (unpaired) electrons. The van der Waals surface area contributed by atoms with Crippen LogP contribution in [0.25, 0.3) is 0 Å². The molecule has 0 saturated carbocycles. The van der Waals surface area contributed by atoms with Crippen LogP contribution in [0.1, 0.15) is 18.5 Å². The van der Waals surface area contributed by atoms with Gasteiger partial charge in [-0.05, 0) is 24.6 Å². The molecular formula is C15H12BrF3N4O2. The molecule has 10 heteroatoms. The molecule has 1 aromatic carbocycles. The topological polar surface area (TPSA) is 69.0 Å². The van der Waals surface area contributed by atoms with Gasteiger partial charge in [0.05, 0.1) is 12.2 Å². The molecule has 25 heavy (non-hydrogen) atoms. The van der Waals surface area contributed by atoms with E-state index in [-0.39, 0.29) is 12.6 Å². The van der Waals surface area contributed by atoms with Gasteiger partial charge in [0, 0.05) is 4.47 Å². The third kappa shape index (κ3) is 3.26. The molecule has 3 rings (SSSR count). The molecule has 1 aromatic heterocycles. The number of aromatic nitrogens is 3. The molecule has 2 aromatic rings. The first kappa shape index (κ1) is 17.5. The number of carbonyl (C=O) groups is 1. The van der Waals surface area contributed by atoms with Crippen molar-refractivity contribution in [1.29, 1.82) is 0 Å². The van der Waals surface area contributed by atoms with Gasteiger partial charge in [0.1, 0.15) is 18.1 Å². The average molecular weight is 417 g/mol. The quantitative estimate of drug-likeness (QED) is 0.776. The molecule has 132 valence electrons. The number of nitrogens with zero attached hydrogens (tertiary/aromatic N) is 3. The Morgan fingerprint density at radius 2 is 2.20 bits per heavy atom. The van der Waals surface area contributed by atoms with Crippen LogP contribution < -0.4 is 5.32 Å². The van der Waals surface area contributed by atoms with Crippen molar-refractivity contribution in [3.8, 4) is 0 Å². The number of esters is 1. The van der Waals surface area contributed by atoms with E-state index in [9.17, 15) is 18.0 Å². The molecule has 1 aliphatic heterocycles. The maximum atomic E-state index is 13.6. The van der Waals surface area contributed by atoms with Gasteiger partial charge in [-0.25, -0.2) is 9.48 Å². The summed E-state index contributed by atoms with van der Waals surface area (Å²) < 4.78 is 47.4. The predicted octanol–water partition coefficient (Wildman–Crippen LogP) is 3.44. The minimum Gasteiger partial charge on any atom is -0.463 e. The second kappa shape index (κ2) is 6.51. The minimum absolute atomic E-state index is 0.0527. The highest BCUT2D eigenvalue weighted by atomic mass is 79.9. The number of benzene rings is 1. The van der Waals surface area contributed by atoms with E-state index >= 15 is 0 Å². The summed E-state index contributed by atoms with van der Waals surface area (Å²) >= 11 is 3.29. The third-order valence-electron chi connectivity index (χ3n) is 3.54. The largest absolute Gasteiger partial charge is 0.463 e. The Labute approximate surface area is 148 Å². The minimum atomic E-state index is -4.79. The van der Waals surface area contributed by atoms with E-state index in [0.29, 0.717) is 10.0 Å². The van der Waals surface area contributed by atoms with Gasteiger partial charge in [-0.15, -0.1) is 0 Å². The van der Waals surface area contributed by atoms with E-state index in [2.05, 4.69) is 31.3 Å². The molecule has 2 heterocycles. The van der Waals surface area contributed by atoms with Gasteiger partial charge in [0.15, 0.2) is 0 Å². The highest BCUT2D eigenvalue weighted by Gasteiger charge is 2.46. The lowest BCUT2D eigenvalue weighted by atomic mass is 9.95. The van der Waals surface area contributed by atoms with Crippen molar-refractivity contribution in [2.75, 3.05) is 11.9 Å². The van der Waals surface area contributed by atoms with Crippen LogP contribution in [0.5, 0.6) is 0 Å². The molecule has 0 aliphatic carbocycles. The van der Waals surface area contributed by atoms with Gasteiger partial charge in [-0.1, -0.05) is 28.1 Å². The first-order valence-electron chi connectivity index (χ1n) is 7.23. The first-order chi connectivity index (χ1) is 11.8. The molecule has 1 N–H and O–H groups in total. The Kier molecular flexibility index (Phi) is 4.55. The Morgan fingerprint density at radius 1 is 1.44 bits per heavy atom. The fourth-order valence-corrected chi connectivity index (χ4v) is 3.01. The fraction of sp³-hybridized carbons (Fsp3) is 0.267. The number of halogens is 4. The summed E-state index contributed by atoms with van der Waals surface area (Å²) in [6.45, 7) is 1.47. The number of ether oxygens (including phenoxy) is 1. The number of nitrogens with one attached hydrogen (secondary N) is 1. The van der Waals surface area contributed by atoms with Crippen molar-refractivity contribution < 1.29 is 22.7 Å². The fourth-order valence-electron chi connectivity index (χ4n) is 2.60. The third-order valence-corrected chi connectivity index (χ3v) is 4.03. The maximum absolute atomic E-state index is 13.6. The number of rotatable bonds is 3. The van der Waals surface area contributed by atoms with Gasteiger partial charge < -0.3 is 10.1 Å². The van der Waals surface area contributed by atoms with Gasteiger partial charge >= 0.3 is 12.1 Å². The van der Waals surface area contributed by atoms with Crippen molar-refractivity contribution >= 4 is 27.8 Å². The highest BCUT2D eigenvalue weighted by molar-refractivity contribution is 9.10. The molecular weight excluding hydrogens is 405 g/mol. The van der Waals surface area contributed by atoms with Gasteiger partial charge in [-0.3, -0.25) is 0 Å². The number of carbonyl (C=O) groups excluding carboxylic acids is 1. The van der Waals surface area contributed by atoms with E-state index in [4.69, 9.17) is 4.74 Å². The summed E-state index contributed by atoms with van der Waals surface area (Å²) in [5.74, 6) is -1.17. The van der Waals surface area contributed by atoms with E-state index in [1.54, 1.807) is 24.3 Å². The Bertz CT molecular complexity index is 847. The summed E-state index contributed by atoms with van der Waals surface area (Å²) in [6, 6.07) is 5.50. The molecule has 0 amide bonds. The van der Waals surface area contributed by atoms with Crippen LogP contribution in [-0.2, 0) is 9.53 Å².